The first-order chi connectivity index (χ1) is 11.5. The fourth-order valence-electron chi connectivity index (χ4n) is 3.73. The average molecular weight is 368 g/mol. The van der Waals surface area contributed by atoms with Gasteiger partial charge in [-0.3, -0.25) is 4.79 Å². The smallest absolute Gasteiger partial charge is 0.230 e. The number of rotatable bonds is 6. The minimum absolute atomic E-state index is 0.0186. The Bertz CT molecular complexity index is 654. The number of carbonyl (C=O) groups excluding carboxylic acids is 1. The molecule has 1 aromatic rings. The van der Waals surface area contributed by atoms with Crippen LogP contribution in [0.3, 0.4) is 0 Å². The molecule has 0 aromatic heterocycles. The van der Waals surface area contributed by atoms with Crippen molar-refractivity contribution in [1.82, 2.24) is 5.32 Å². The van der Waals surface area contributed by atoms with E-state index in [1.807, 2.05) is 18.2 Å². The molecule has 2 atom stereocenters. The Kier molecular flexibility index (Phi) is 5.87. The number of benzene rings is 1. The highest BCUT2D eigenvalue weighted by molar-refractivity contribution is 8.02. The Balaban J connectivity index is 1.57. The molecule has 6 heteroatoms. The van der Waals surface area contributed by atoms with Crippen LogP contribution in [0.25, 0.3) is 0 Å². The van der Waals surface area contributed by atoms with Gasteiger partial charge in [-0.25, -0.2) is 8.42 Å². The van der Waals surface area contributed by atoms with Crippen LogP contribution in [-0.2, 0) is 14.6 Å². The van der Waals surface area contributed by atoms with Crippen LogP contribution in [-0.4, -0.2) is 36.8 Å². The van der Waals surface area contributed by atoms with Gasteiger partial charge in [-0.05, 0) is 30.7 Å². The third kappa shape index (κ3) is 4.76. The molecule has 1 aliphatic heterocycles. The average Bonchev–Trinajstić information content (AvgIpc) is 3.21. The van der Waals surface area contributed by atoms with Crippen LogP contribution in [0.5, 0.6) is 0 Å². The van der Waals surface area contributed by atoms with Crippen LogP contribution in [0, 0.1) is 5.92 Å². The molecular weight excluding hydrogens is 342 g/mol. The van der Waals surface area contributed by atoms with Crippen LogP contribution in [0.15, 0.2) is 30.3 Å². The SMILES string of the molecule is O=C(CS[C@@H]1CCS(=O)(=O)C1)N[C@H](c1ccccc1)C1CCCC1. The van der Waals surface area contributed by atoms with Crippen molar-refractivity contribution in [3.8, 4) is 0 Å². The van der Waals surface area contributed by atoms with Crippen molar-refractivity contribution in [2.24, 2.45) is 5.92 Å². The van der Waals surface area contributed by atoms with Crippen molar-refractivity contribution < 1.29 is 13.2 Å². The van der Waals surface area contributed by atoms with Crippen molar-refractivity contribution in [2.45, 2.75) is 43.4 Å². The standard InChI is InChI=1S/C18H25NO3S2/c20-17(12-23-16-10-11-24(21,22)13-16)19-18(15-8-4-5-9-15)14-6-2-1-3-7-14/h1-3,6-7,15-16,18H,4-5,8-13H2,(H,19,20)/t16-,18-/m1/s1. The van der Waals surface area contributed by atoms with Crippen molar-refractivity contribution in [3.05, 3.63) is 35.9 Å². The molecular formula is C18H25NO3S2. The molecule has 4 nitrogen and oxygen atoms in total. The minimum atomic E-state index is -2.88. The summed E-state index contributed by atoms with van der Waals surface area (Å²) in [6.45, 7) is 0. The number of thioether (sulfide) groups is 1. The van der Waals surface area contributed by atoms with E-state index in [2.05, 4.69) is 17.4 Å². The third-order valence-corrected chi connectivity index (χ3v) is 8.27. The monoisotopic (exact) mass is 367 g/mol. The van der Waals surface area contributed by atoms with Crippen LogP contribution in [0.1, 0.15) is 43.7 Å². The maximum Gasteiger partial charge on any atom is 0.230 e. The normalized spacial score (nSPS) is 24.8. The lowest BCUT2D eigenvalue weighted by Crippen LogP contribution is -2.34. The van der Waals surface area contributed by atoms with Gasteiger partial charge in [-0.15, -0.1) is 11.8 Å². The molecule has 2 aliphatic rings. The minimum Gasteiger partial charge on any atom is -0.348 e. The van der Waals surface area contributed by atoms with E-state index in [1.54, 1.807) is 0 Å². The van der Waals surface area contributed by atoms with Crippen LogP contribution < -0.4 is 5.32 Å². The van der Waals surface area contributed by atoms with Gasteiger partial charge in [0.25, 0.3) is 0 Å². The van der Waals surface area contributed by atoms with Gasteiger partial charge in [-0.2, -0.15) is 0 Å². The van der Waals surface area contributed by atoms with Crippen molar-refractivity contribution in [1.29, 1.82) is 0 Å². The molecule has 1 heterocycles. The van der Waals surface area contributed by atoms with Gasteiger partial charge >= 0.3 is 0 Å². The Labute approximate surface area is 148 Å². The predicted molar refractivity (Wildman–Crippen MR) is 98.8 cm³/mol. The zero-order chi connectivity index (χ0) is 17.0. The third-order valence-electron chi connectivity index (χ3n) is 4.99. The summed E-state index contributed by atoms with van der Waals surface area (Å²) in [4.78, 5) is 12.4. The van der Waals surface area contributed by atoms with E-state index in [0.717, 1.165) is 12.8 Å². The lowest BCUT2D eigenvalue weighted by molar-refractivity contribution is -0.119. The van der Waals surface area contributed by atoms with E-state index in [0.29, 0.717) is 18.1 Å². The zero-order valence-corrected chi connectivity index (χ0v) is 15.4. The van der Waals surface area contributed by atoms with Crippen LogP contribution in [0.4, 0.5) is 0 Å². The number of amides is 1. The molecule has 1 amide bonds. The lowest BCUT2D eigenvalue weighted by atomic mass is 9.91. The van der Waals surface area contributed by atoms with Gasteiger partial charge in [0.1, 0.15) is 0 Å². The topological polar surface area (TPSA) is 63.2 Å². The van der Waals surface area contributed by atoms with Crippen molar-refractivity contribution in [3.63, 3.8) is 0 Å². The summed E-state index contributed by atoms with van der Waals surface area (Å²) in [6.07, 6.45) is 5.46. The number of hydrogen-bond acceptors (Lipinski definition) is 4. The highest BCUT2D eigenvalue weighted by Gasteiger charge is 2.30. The van der Waals surface area contributed by atoms with E-state index in [9.17, 15) is 13.2 Å². The largest absolute Gasteiger partial charge is 0.348 e. The van der Waals surface area contributed by atoms with Crippen LogP contribution >= 0.6 is 11.8 Å². The van der Waals surface area contributed by atoms with E-state index in [4.69, 9.17) is 0 Å². The zero-order valence-electron chi connectivity index (χ0n) is 13.8. The summed E-state index contributed by atoms with van der Waals surface area (Å²) in [5.74, 6) is 1.35. The quantitative estimate of drug-likeness (QED) is 0.840. The lowest BCUT2D eigenvalue weighted by Gasteiger charge is -2.25. The van der Waals surface area contributed by atoms with E-state index in [-0.39, 0.29) is 28.7 Å². The molecule has 0 bridgehead atoms. The van der Waals surface area contributed by atoms with Gasteiger partial charge in [0.15, 0.2) is 9.84 Å². The summed E-state index contributed by atoms with van der Waals surface area (Å²) in [5.41, 5.74) is 1.17. The molecule has 0 radical (unpaired) electrons. The molecule has 1 saturated carbocycles. The number of sulfone groups is 1. The molecule has 2 fully saturated rings. The fourth-order valence-corrected chi connectivity index (χ4v) is 7.18. The number of nitrogens with one attached hydrogen (secondary N) is 1. The Morgan fingerprint density at radius 3 is 2.50 bits per heavy atom. The van der Waals surface area contributed by atoms with E-state index < -0.39 is 9.84 Å². The second-order valence-corrected chi connectivity index (χ2v) is 10.4. The maximum atomic E-state index is 12.4. The summed E-state index contributed by atoms with van der Waals surface area (Å²) in [5, 5.41) is 3.28. The second-order valence-electron chi connectivity index (χ2n) is 6.84. The molecule has 0 unspecified atom stereocenters. The first-order valence-corrected chi connectivity index (χ1v) is 11.6. The molecule has 1 aliphatic carbocycles. The number of hydrogen-bond donors (Lipinski definition) is 1. The first kappa shape index (κ1) is 17.8. The maximum absolute atomic E-state index is 12.4. The fraction of sp³-hybridized carbons (Fsp3) is 0.611. The summed E-state index contributed by atoms with van der Waals surface area (Å²) in [7, 11) is -2.88. The molecule has 0 spiro atoms. The van der Waals surface area contributed by atoms with Crippen molar-refractivity contribution >= 4 is 27.5 Å². The Morgan fingerprint density at radius 2 is 1.88 bits per heavy atom. The van der Waals surface area contributed by atoms with E-state index >= 15 is 0 Å². The molecule has 3 rings (SSSR count). The van der Waals surface area contributed by atoms with Crippen molar-refractivity contribution in [2.75, 3.05) is 17.3 Å². The molecule has 132 valence electrons. The van der Waals surface area contributed by atoms with Gasteiger partial charge in [0.2, 0.25) is 5.91 Å². The predicted octanol–water partition coefficient (Wildman–Crippen LogP) is 2.95. The van der Waals surface area contributed by atoms with E-state index in [1.165, 1.54) is 30.2 Å². The van der Waals surface area contributed by atoms with Gasteiger partial charge in [0.05, 0.1) is 23.3 Å². The Hall–Kier alpha value is -1.01. The molecule has 1 N–H and O–H groups in total. The highest BCUT2D eigenvalue weighted by Crippen LogP contribution is 2.35. The molecule has 1 aromatic carbocycles. The Morgan fingerprint density at radius 1 is 1.17 bits per heavy atom. The second kappa shape index (κ2) is 7.91. The molecule has 1 saturated heterocycles. The van der Waals surface area contributed by atoms with Gasteiger partial charge in [0, 0.05) is 5.25 Å². The highest BCUT2D eigenvalue weighted by atomic mass is 32.2. The summed E-state index contributed by atoms with van der Waals surface area (Å²) in [6, 6.07) is 10.3. The van der Waals surface area contributed by atoms with Gasteiger partial charge in [-0.1, -0.05) is 43.2 Å². The number of carbonyl (C=O) groups is 1. The first-order valence-electron chi connectivity index (χ1n) is 8.70. The summed E-state index contributed by atoms with van der Waals surface area (Å²) >= 11 is 1.48. The molecule has 24 heavy (non-hydrogen) atoms. The van der Waals surface area contributed by atoms with Gasteiger partial charge < -0.3 is 5.32 Å². The van der Waals surface area contributed by atoms with Crippen LogP contribution in [0.2, 0.25) is 0 Å². The summed E-state index contributed by atoms with van der Waals surface area (Å²) < 4.78 is 23.0.